The lowest BCUT2D eigenvalue weighted by atomic mass is 10.1. The van der Waals surface area contributed by atoms with E-state index < -0.39 is 0 Å². The van der Waals surface area contributed by atoms with Crippen LogP contribution in [0.25, 0.3) is 21.0 Å². The number of benzene rings is 2. The number of aromatic nitrogens is 2. The van der Waals surface area contributed by atoms with Gasteiger partial charge in [-0.2, -0.15) is 5.10 Å². The molecule has 1 amide bonds. The second-order valence-electron chi connectivity index (χ2n) is 7.92. The van der Waals surface area contributed by atoms with Crippen molar-refractivity contribution >= 4 is 48.9 Å². The van der Waals surface area contributed by atoms with Crippen molar-refractivity contribution in [3.8, 4) is 5.75 Å². The maximum Gasteiger partial charge on any atom is 0.253 e. The van der Waals surface area contributed by atoms with Gasteiger partial charge < -0.3 is 25.0 Å². The van der Waals surface area contributed by atoms with Crippen molar-refractivity contribution in [1.82, 2.24) is 20.4 Å². The molecule has 1 atom stereocenters. The number of nitrogens with one attached hydrogen (secondary N) is 4. The second kappa shape index (κ2) is 8.89. The molecule has 2 aromatic heterocycles. The van der Waals surface area contributed by atoms with Crippen LogP contribution in [0.4, 0.5) is 10.7 Å². The number of hydrogen-bond acceptors (Lipinski definition) is 8. The Hall–Kier alpha value is -3.34. The first kappa shape index (κ1) is 21.5. The van der Waals surface area contributed by atoms with Crippen LogP contribution in [-0.2, 0) is 4.74 Å². The molecule has 0 fully saturated rings. The topological polar surface area (TPSA) is 104 Å². The van der Waals surface area contributed by atoms with Gasteiger partial charge in [-0.3, -0.25) is 15.2 Å². The fraction of sp³-hybridized carbons (Fsp3) is 0.304. The normalized spacial score (nSPS) is 15.3. The quantitative estimate of drug-likeness (QED) is 0.330. The van der Waals surface area contributed by atoms with Gasteiger partial charge in [0, 0.05) is 53.4 Å². The lowest BCUT2D eigenvalue weighted by Crippen LogP contribution is -2.36. The highest BCUT2D eigenvalue weighted by molar-refractivity contribution is 7.23. The molecule has 4 aromatic rings. The average molecular weight is 467 g/mol. The SMILES string of the molecule is COCCN(C)C(=O)c1ccc2c3c(sc2c1)NCNC3Nc1cc2cn[nH]c2cc1OC. The predicted molar refractivity (Wildman–Crippen MR) is 131 cm³/mol. The summed E-state index contributed by atoms with van der Waals surface area (Å²) in [4.78, 5) is 14.5. The number of methoxy groups -OCH3 is 2. The Morgan fingerprint density at radius 3 is 3.00 bits per heavy atom. The number of amides is 1. The number of carbonyl (C=O) groups excluding carboxylic acids is 1. The summed E-state index contributed by atoms with van der Waals surface area (Å²) in [6.45, 7) is 1.68. The summed E-state index contributed by atoms with van der Waals surface area (Å²) in [6.07, 6.45) is 1.67. The fourth-order valence-electron chi connectivity index (χ4n) is 4.08. The number of hydrogen-bond donors (Lipinski definition) is 4. The maximum absolute atomic E-state index is 12.8. The number of aromatic amines is 1. The summed E-state index contributed by atoms with van der Waals surface area (Å²) in [5.74, 6) is 0.722. The van der Waals surface area contributed by atoms with E-state index in [-0.39, 0.29) is 12.1 Å². The standard InChI is InChI=1S/C23H26N6O3S/c1-29(6-7-31-2)23(30)13-4-5-15-19(9-13)33-22-20(15)21(24-12-25-22)27-17-8-14-11-26-28-16(14)10-18(17)32-3/h4-5,8-11,21,24-25,27H,6-7,12H2,1-3H3,(H,26,28). The average Bonchev–Trinajstić information content (AvgIpc) is 3.45. The highest BCUT2D eigenvalue weighted by Crippen LogP contribution is 2.43. The molecule has 4 N–H and O–H groups in total. The molecule has 3 heterocycles. The molecule has 0 saturated heterocycles. The van der Waals surface area contributed by atoms with Crippen molar-refractivity contribution in [2.75, 3.05) is 51.7 Å². The van der Waals surface area contributed by atoms with E-state index in [1.807, 2.05) is 30.3 Å². The van der Waals surface area contributed by atoms with Crippen LogP contribution in [0.15, 0.2) is 36.5 Å². The number of H-pyrrole nitrogens is 1. The maximum atomic E-state index is 12.8. The number of rotatable bonds is 7. The van der Waals surface area contributed by atoms with Crippen LogP contribution in [0.5, 0.6) is 5.75 Å². The molecular formula is C23H26N6O3S. The third-order valence-electron chi connectivity index (χ3n) is 5.86. The molecular weight excluding hydrogens is 440 g/mol. The minimum absolute atomic E-state index is 0.0146. The van der Waals surface area contributed by atoms with Crippen LogP contribution in [0.1, 0.15) is 22.1 Å². The van der Waals surface area contributed by atoms with E-state index in [9.17, 15) is 4.79 Å². The van der Waals surface area contributed by atoms with Crippen molar-refractivity contribution < 1.29 is 14.3 Å². The van der Waals surface area contributed by atoms with Crippen LogP contribution in [0, 0.1) is 0 Å². The van der Waals surface area contributed by atoms with E-state index in [4.69, 9.17) is 9.47 Å². The number of anilines is 2. The minimum atomic E-state index is -0.126. The summed E-state index contributed by atoms with van der Waals surface area (Å²) in [6, 6.07) is 9.87. The Balaban J connectivity index is 1.47. The fourth-order valence-corrected chi connectivity index (χ4v) is 5.26. The van der Waals surface area contributed by atoms with E-state index in [1.54, 1.807) is 43.7 Å². The molecule has 0 bridgehead atoms. The number of likely N-dealkylation sites (N-methyl/N-ethyl adjacent to an activating group) is 1. The summed E-state index contributed by atoms with van der Waals surface area (Å²) in [5, 5.41) is 20.8. The molecule has 1 aliphatic heterocycles. The monoisotopic (exact) mass is 466 g/mol. The van der Waals surface area contributed by atoms with Gasteiger partial charge in [0.15, 0.2) is 0 Å². The first-order valence-electron chi connectivity index (χ1n) is 10.6. The first-order chi connectivity index (χ1) is 16.1. The third kappa shape index (κ3) is 3.97. The smallest absolute Gasteiger partial charge is 0.253 e. The van der Waals surface area contributed by atoms with E-state index in [0.717, 1.165) is 43.0 Å². The number of thiophene rings is 1. The van der Waals surface area contributed by atoms with Gasteiger partial charge in [-0.15, -0.1) is 11.3 Å². The minimum Gasteiger partial charge on any atom is -0.495 e. The molecule has 0 saturated carbocycles. The Morgan fingerprint density at radius 1 is 1.30 bits per heavy atom. The molecule has 0 radical (unpaired) electrons. The third-order valence-corrected chi connectivity index (χ3v) is 6.98. The van der Waals surface area contributed by atoms with Gasteiger partial charge in [-0.1, -0.05) is 6.07 Å². The first-order valence-corrected chi connectivity index (χ1v) is 11.5. The lowest BCUT2D eigenvalue weighted by Gasteiger charge is -2.28. The van der Waals surface area contributed by atoms with Crippen LogP contribution in [0.3, 0.4) is 0 Å². The summed E-state index contributed by atoms with van der Waals surface area (Å²) in [5.41, 5.74) is 3.60. The van der Waals surface area contributed by atoms with Crippen molar-refractivity contribution in [2.45, 2.75) is 6.17 Å². The molecule has 1 aliphatic rings. The molecule has 0 aliphatic carbocycles. The van der Waals surface area contributed by atoms with Gasteiger partial charge >= 0.3 is 0 Å². The number of ether oxygens (including phenoxy) is 2. The van der Waals surface area contributed by atoms with E-state index in [0.29, 0.717) is 25.4 Å². The second-order valence-corrected chi connectivity index (χ2v) is 8.97. The zero-order chi connectivity index (χ0) is 22.9. The van der Waals surface area contributed by atoms with Crippen molar-refractivity contribution in [1.29, 1.82) is 0 Å². The molecule has 9 nitrogen and oxygen atoms in total. The Bertz CT molecular complexity index is 1320. The Kier molecular flexibility index (Phi) is 5.79. The van der Waals surface area contributed by atoms with E-state index in [1.165, 1.54) is 0 Å². The van der Waals surface area contributed by atoms with Crippen molar-refractivity contribution in [2.24, 2.45) is 0 Å². The molecule has 0 spiro atoms. The van der Waals surface area contributed by atoms with E-state index >= 15 is 0 Å². The molecule has 10 heteroatoms. The van der Waals surface area contributed by atoms with Gasteiger partial charge in [0.25, 0.3) is 5.91 Å². The summed E-state index contributed by atoms with van der Waals surface area (Å²) < 4.78 is 11.8. The van der Waals surface area contributed by atoms with Gasteiger partial charge in [0.1, 0.15) is 11.9 Å². The van der Waals surface area contributed by atoms with Gasteiger partial charge in [-0.25, -0.2) is 0 Å². The van der Waals surface area contributed by atoms with Crippen LogP contribution in [0.2, 0.25) is 0 Å². The van der Waals surface area contributed by atoms with Gasteiger partial charge in [0.05, 0.1) is 42.8 Å². The zero-order valence-corrected chi connectivity index (χ0v) is 19.5. The molecule has 33 heavy (non-hydrogen) atoms. The molecule has 5 rings (SSSR count). The van der Waals surface area contributed by atoms with Crippen LogP contribution in [-0.4, -0.2) is 62.1 Å². The Labute approximate surface area is 195 Å². The van der Waals surface area contributed by atoms with Gasteiger partial charge in [-0.05, 0) is 18.2 Å². The number of fused-ring (bicyclic) bond motifs is 4. The predicted octanol–water partition coefficient (Wildman–Crippen LogP) is 3.59. The van der Waals surface area contributed by atoms with Crippen LogP contribution < -0.4 is 20.7 Å². The van der Waals surface area contributed by atoms with Gasteiger partial charge in [0.2, 0.25) is 0 Å². The largest absolute Gasteiger partial charge is 0.495 e. The lowest BCUT2D eigenvalue weighted by molar-refractivity contribution is 0.0744. The van der Waals surface area contributed by atoms with Crippen molar-refractivity contribution in [3.63, 3.8) is 0 Å². The number of carbonyl (C=O) groups is 1. The number of nitrogens with zero attached hydrogens (tertiary/aromatic N) is 2. The van der Waals surface area contributed by atoms with E-state index in [2.05, 4.69) is 26.1 Å². The summed E-state index contributed by atoms with van der Waals surface area (Å²) >= 11 is 1.66. The highest BCUT2D eigenvalue weighted by atomic mass is 32.1. The highest BCUT2D eigenvalue weighted by Gasteiger charge is 2.26. The van der Waals surface area contributed by atoms with Crippen molar-refractivity contribution in [3.05, 3.63) is 47.7 Å². The molecule has 172 valence electrons. The molecule has 1 unspecified atom stereocenters. The summed E-state index contributed by atoms with van der Waals surface area (Å²) in [7, 11) is 5.09. The molecule has 2 aromatic carbocycles. The Morgan fingerprint density at radius 2 is 2.18 bits per heavy atom. The zero-order valence-electron chi connectivity index (χ0n) is 18.7. The van der Waals surface area contributed by atoms with Crippen LogP contribution >= 0.6 is 11.3 Å².